The number of hydrogen-bond donors (Lipinski definition) is 1. The summed E-state index contributed by atoms with van der Waals surface area (Å²) < 4.78 is 0. The van der Waals surface area contributed by atoms with Crippen molar-refractivity contribution in [1.82, 2.24) is 4.98 Å². The van der Waals surface area contributed by atoms with Gasteiger partial charge in [0.1, 0.15) is 0 Å². The Bertz CT molecular complexity index is 229. The number of nitrogens with one attached hydrogen (secondary N) is 1. The van der Waals surface area contributed by atoms with E-state index in [4.69, 9.17) is 0 Å². The third-order valence-corrected chi connectivity index (χ3v) is 1.13. The van der Waals surface area contributed by atoms with Crippen molar-refractivity contribution in [1.29, 1.82) is 0 Å². The minimum absolute atomic E-state index is 0. The van der Waals surface area contributed by atoms with Crippen LogP contribution in [0.25, 0.3) is 0 Å². The minimum Gasteiger partial charge on any atom is -0.449 e. The van der Waals surface area contributed by atoms with E-state index in [0.29, 0.717) is 5.69 Å². The molecule has 1 aromatic rings. The van der Waals surface area contributed by atoms with Crippen LogP contribution in [-0.4, -0.2) is 10.8 Å². The van der Waals surface area contributed by atoms with Crippen molar-refractivity contribution >= 4 is 5.78 Å². The summed E-state index contributed by atoms with van der Waals surface area (Å²) in [5.41, 5.74) is 1.53. The van der Waals surface area contributed by atoms with Gasteiger partial charge in [0.25, 0.3) is 0 Å². The fourth-order valence-electron chi connectivity index (χ4n) is 0.644. The summed E-state index contributed by atoms with van der Waals surface area (Å²) in [5, 5.41) is 0. The zero-order valence-corrected chi connectivity index (χ0v) is 8.90. The summed E-state index contributed by atoms with van der Waals surface area (Å²) in [6, 6.07) is 4.54. The molecule has 0 saturated carbocycles. The molecule has 1 rings (SSSR count). The number of aromatic amines is 1. The molecule has 51 valence electrons. The second kappa shape index (κ2) is 4.04. The van der Waals surface area contributed by atoms with Crippen LogP contribution in [0.4, 0.5) is 0 Å². The molecule has 0 bridgehead atoms. The van der Waals surface area contributed by atoms with Gasteiger partial charge in [-0.05, 0) is 13.8 Å². The SMILES string of the molecule is CC(=O)c1c[c-]c(C)[nH]1.[Y]. The van der Waals surface area contributed by atoms with E-state index in [2.05, 4.69) is 11.1 Å². The van der Waals surface area contributed by atoms with Crippen molar-refractivity contribution in [2.24, 2.45) is 0 Å². The maximum Gasteiger partial charge on any atom is 0.0951 e. The molecule has 0 amide bonds. The third kappa shape index (κ3) is 2.35. The molecule has 10 heavy (non-hydrogen) atoms. The maximum absolute atomic E-state index is 10.6. The molecular weight excluding hydrogens is 203 g/mol. The Morgan fingerprint density at radius 1 is 1.70 bits per heavy atom. The maximum atomic E-state index is 10.6. The van der Waals surface area contributed by atoms with E-state index >= 15 is 0 Å². The Balaban J connectivity index is 0.000000810. The van der Waals surface area contributed by atoms with Crippen LogP contribution in [0.5, 0.6) is 0 Å². The first-order valence-corrected chi connectivity index (χ1v) is 2.78. The van der Waals surface area contributed by atoms with Crippen molar-refractivity contribution in [2.75, 3.05) is 0 Å². The summed E-state index contributed by atoms with van der Waals surface area (Å²) in [5.74, 6) is 0.0550. The largest absolute Gasteiger partial charge is 0.449 e. The van der Waals surface area contributed by atoms with Crippen LogP contribution in [-0.2, 0) is 32.7 Å². The van der Waals surface area contributed by atoms with Gasteiger partial charge in [-0.2, -0.15) is 0 Å². The Labute approximate surface area is 85.3 Å². The van der Waals surface area contributed by atoms with E-state index in [-0.39, 0.29) is 38.5 Å². The van der Waals surface area contributed by atoms with Crippen LogP contribution < -0.4 is 0 Å². The number of Topliss-reactive ketones (excluding diaryl/α,β-unsaturated/α-hetero) is 1. The number of carbonyl (C=O) groups excluding carboxylic acids is 1. The number of rotatable bonds is 1. The van der Waals surface area contributed by atoms with Crippen molar-refractivity contribution in [3.63, 3.8) is 0 Å². The summed E-state index contributed by atoms with van der Waals surface area (Å²) in [6.07, 6.45) is 0. The molecule has 0 aliphatic carbocycles. The van der Waals surface area contributed by atoms with Crippen molar-refractivity contribution in [3.8, 4) is 0 Å². The summed E-state index contributed by atoms with van der Waals surface area (Å²) in [4.78, 5) is 13.5. The van der Waals surface area contributed by atoms with Crippen LogP contribution in [0.2, 0.25) is 0 Å². The second-order valence-electron chi connectivity index (χ2n) is 2.01. The van der Waals surface area contributed by atoms with E-state index < -0.39 is 0 Å². The number of ketones is 1. The molecule has 0 aliphatic rings. The quantitative estimate of drug-likeness (QED) is 0.551. The molecule has 0 fully saturated rings. The van der Waals surface area contributed by atoms with Gasteiger partial charge < -0.3 is 9.78 Å². The molecule has 2 nitrogen and oxygen atoms in total. The predicted molar refractivity (Wildman–Crippen MR) is 34.4 cm³/mol. The first-order valence-electron chi connectivity index (χ1n) is 2.78. The van der Waals surface area contributed by atoms with Crippen molar-refractivity contribution in [2.45, 2.75) is 13.8 Å². The molecule has 1 radical (unpaired) electrons. The number of H-pyrrole nitrogens is 1. The number of aromatic nitrogens is 1. The molecule has 0 aliphatic heterocycles. The Hall–Kier alpha value is 0.0539. The molecular formula is C7H8NOY-. The van der Waals surface area contributed by atoms with E-state index in [1.807, 2.05) is 6.92 Å². The fourth-order valence-corrected chi connectivity index (χ4v) is 0.644. The molecule has 1 N–H and O–H groups in total. The van der Waals surface area contributed by atoms with Crippen LogP contribution in [0.15, 0.2) is 6.07 Å². The molecule has 1 aromatic heterocycles. The van der Waals surface area contributed by atoms with Gasteiger partial charge in [0.15, 0.2) is 0 Å². The van der Waals surface area contributed by atoms with E-state index in [1.165, 1.54) is 6.92 Å². The van der Waals surface area contributed by atoms with E-state index in [0.717, 1.165) is 5.69 Å². The van der Waals surface area contributed by atoms with Gasteiger partial charge in [0.05, 0.1) is 5.78 Å². The van der Waals surface area contributed by atoms with Gasteiger partial charge >= 0.3 is 0 Å². The van der Waals surface area contributed by atoms with Crippen molar-refractivity contribution < 1.29 is 37.5 Å². The van der Waals surface area contributed by atoms with Crippen LogP contribution in [0.3, 0.4) is 0 Å². The summed E-state index contributed by atoms with van der Waals surface area (Å²) in [6.45, 7) is 3.39. The summed E-state index contributed by atoms with van der Waals surface area (Å²) >= 11 is 0. The number of carbonyl (C=O) groups is 1. The summed E-state index contributed by atoms with van der Waals surface area (Å²) in [7, 11) is 0. The smallest absolute Gasteiger partial charge is 0.0951 e. The average molecular weight is 211 g/mol. The molecule has 0 saturated heterocycles. The van der Waals surface area contributed by atoms with E-state index in [9.17, 15) is 4.79 Å². The molecule has 1 heterocycles. The Kier molecular flexibility index (Phi) is 4.06. The Morgan fingerprint density at radius 2 is 2.30 bits per heavy atom. The number of hydrogen-bond acceptors (Lipinski definition) is 1. The van der Waals surface area contributed by atoms with Crippen LogP contribution >= 0.6 is 0 Å². The monoisotopic (exact) mass is 211 g/mol. The van der Waals surface area contributed by atoms with Crippen LogP contribution in [0.1, 0.15) is 23.1 Å². The van der Waals surface area contributed by atoms with Gasteiger partial charge in [-0.1, -0.05) is 11.4 Å². The first kappa shape index (κ1) is 10.1. The third-order valence-electron chi connectivity index (χ3n) is 1.13. The van der Waals surface area contributed by atoms with Gasteiger partial charge in [0.2, 0.25) is 0 Å². The van der Waals surface area contributed by atoms with Gasteiger partial charge in [0, 0.05) is 32.7 Å². The fraction of sp³-hybridized carbons (Fsp3) is 0.286. The first-order chi connectivity index (χ1) is 4.20. The number of aryl methyl sites for hydroxylation is 1. The molecule has 0 atom stereocenters. The van der Waals surface area contributed by atoms with E-state index in [1.54, 1.807) is 6.07 Å². The average Bonchev–Trinajstić information content (AvgIpc) is 2.14. The molecule has 3 heteroatoms. The normalized spacial score (nSPS) is 8.60. The zero-order chi connectivity index (χ0) is 6.85. The zero-order valence-electron chi connectivity index (χ0n) is 6.06. The van der Waals surface area contributed by atoms with Gasteiger partial charge in [-0.15, -0.1) is 0 Å². The Morgan fingerprint density at radius 3 is 2.50 bits per heavy atom. The molecule has 0 spiro atoms. The molecule has 0 aromatic carbocycles. The standard InChI is InChI=1S/C7H8NO.Y/c1-5-3-4-7(8-5)6(2)9;/h4,8H,1-2H3;/q-1;. The van der Waals surface area contributed by atoms with Gasteiger partial charge in [-0.25, -0.2) is 12.1 Å². The minimum atomic E-state index is 0. The predicted octanol–water partition coefficient (Wildman–Crippen LogP) is 1.32. The topological polar surface area (TPSA) is 32.9 Å². The van der Waals surface area contributed by atoms with Crippen molar-refractivity contribution in [3.05, 3.63) is 23.5 Å². The van der Waals surface area contributed by atoms with Gasteiger partial charge in [-0.3, -0.25) is 0 Å². The second-order valence-corrected chi connectivity index (χ2v) is 2.01. The van der Waals surface area contributed by atoms with Crippen LogP contribution in [0, 0.1) is 13.0 Å². The molecule has 0 unspecified atom stereocenters.